The number of allylic oxidation sites excluding steroid dienone is 1. The molecule has 0 N–H and O–H groups in total. The molecule has 0 spiro atoms. The van der Waals surface area contributed by atoms with Gasteiger partial charge < -0.3 is 9.47 Å². The molecule has 1 aliphatic heterocycles. The zero-order valence-electron chi connectivity index (χ0n) is 21.4. The van der Waals surface area contributed by atoms with Gasteiger partial charge in [-0.25, -0.2) is 4.39 Å². The fourth-order valence-electron chi connectivity index (χ4n) is 5.53. The number of ether oxygens (including phenoxy) is 2. The SMILES string of the molecule is FCCCN1CC[C@H](Oc2ccc(C3=C(c4ccc(OC(F)(F)F)cc4F)CCCc4ccccc43)cc2)C1. The molecule has 1 atom stereocenters. The number of rotatable bonds is 8. The highest BCUT2D eigenvalue weighted by Gasteiger charge is 2.32. The van der Waals surface area contributed by atoms with E-state index in [2.05, 4.69) is 15.7 Å². The van der Waals surface area contributed by atoms with E-state index in [0.29, 0.717) is 12.8 Å². The van der Waals surface area contributed by atoms with Crippen LogP contribution in [0.5, 0.6) is 11.5 Å². The molecule has 0 amide bonds. The van der Waals surface area contributed by atoms with Crippen molar-refractivity contribution in [1.82, 2.24) is 4.90 Å². The molecule has 2 aliphatic rings. The largest absolute Gasteiger partial charge is 0.573 e. The molecule has 1 fully saturated rings. The van der Waals surface area contributed by atoms with Crippen molar-refractivity contribution in [1.29, 1.82) is 0 Å². The third kappa shape index (κ3) is 6.61. The van der Waals surface area contributed by atoms with E-state index in [-0.39, 0.29) is 18.3 Å². The third-order valence-corrected chi connectivity index (χ3v) is 7.24. The number of hydrogen-bond donors (Lipinski definition) is 0. The molecule has 0 radical (unpaired) electrons. The van der Waals surface area contributed by atoms with Crippen LogP contribution in [-0.2, 0) is 6.42 Å². The molecule has 0 saturated carbocycles. The van der Waals surface area contributed by atoms with Crippen molar-refractivity contribution in [2.75, 3.05) is 26.3 Å². The number of fused-ring (bicyclic) bond motifs is 1. The van der Waals surface area contributed by atoms with Crippen LogP contribution in [0.1, 0.15) is 47.9 Å². The Kier molecular flexibility index (Phi) is 8.21. The normalized spacial score (nSPS) is 18.1. The van der Waals surface area contributed by atoms with E-state index in [1.807, 2.05) is 42.5 Å². The Hall–Kier alpha value is -3.39. The molecular formula is C31H30F5NO2. The minimum atomic E-state index is -4.89. The van der Waals surface area contributed by atoms with Gasteiger partial charge in [0, 0.05) is 31.3 Å². The van der Waals surface area contributed by atoms with E-state index in [1.165, 1.54) is 6.07 Å². The Morgan fingerprint density at radius 2 is 1.67 bits per heavy atom. The maximum atomic E-state index is 15.3. The molecule has 3 aromatic rings. The van der Waals surface area contributed by atoms with Crippen LogP contribution in [-0.4, -0.2) is 43.7 Å². The summed E-state index contributed by atoms with van der Waals surface area (Å²) in [6.07, 6.45) is -1.30. The van der Waals surface area contributed by atoms with Crippen LogP contribution < -0.4 is 9.47 Å². The van der Waals surface area contributed by atoms with Crippen LogP contribution in [0.2, 0.25) is 0 Å². The van der Waals surface area contributed by atoms with Crippen molar-refractivity contribution in [3.63, 3.8) is 0 Å². The summed E-state index contributed by atoms with van der Waals surface area (Å²) in [5, 5.41) is 0. The Morgan fingerprint density at radius 1 is 0.897 bits per heavy atom. The molecule has 0 aromatic heterocycles. The van der Waals surface area contributed by atoms with Gasteiger partial charge in [-0.15, -0.1) is 13.2 Å². The first-order valence-electron chi connectivity index (χ1n) is 13.2. The highest BCUT2D eigenvalue weighted by molar-refractivity contribution is 6.00. The van der Waals surface area contributed by atoms with E-state index in [9.17, 15) is 17.6 Å². The van der Waals surface area contributed by atoms with Crippen molar-refractivity contribution >= 4 is 11.1 Å². The molecular weight excluding hydrogens is 513 g/mol. The summed E-state index contributed by atoms with van der Waals surface area (Å²) in [5.74, 6) is -0.626. The minimum Gasteiger partial charge on any atom is -0.489 e. The van der Waals surface area contributed by atoms with Crippen molar-refractivity contribution in [2.24, 2.45) is 0 Å². The predicted molar refractivity (Wildman–Crippen MR) is 141 cm³/mol. The lowest BCUT2D eigenvalue weighted by Crippen LogP contribution is -2.26. The van der Waals surface area contributed by atoms with E-state index >= 15 is 4.39 Å². The standard InChI is InChI=1S/C31H30F5NO2/c32-16-4-17-37-18-15-25(20-37)38-23-11-9-22(10-12-23)30-26-7-2-1-5-21(26)6-3-8-28(30)27-14-13-24(19-29(27)33)39-31(34,35)36/h1-2,5,7,9-14,19,25H,3-4,6,8,15-18,20H2/t25-/m0/s1. The number of aryl methyl sites for hydroxylation is 1. The predicted octanol–water partition coefficient (Wildman–Crippen LogP) is 7.83. The van der Waals surface area contributed by atoms with Gasteiger partial charge >= 0.3 is 6.36 Å². The lowest BCUT2D eigenvalue weighted by atomic mass is 9.87. The number of nitrogens with zero attached hydrogens (tertiary/aromatic N) is 1. The average Bonchev–Trinajstić information content (AvgIpc) is 3.25. The highest BCUT2D eigenvalue weighted by atomic mass is 19.4. The molecule has 3 nitrogen and oxygen atoms in total. The van der Waals surface area contributed by atoms with Gasteiger partial charge in [-0.05, 0) is 84.2 Å². The zero-order valence-corrected chi connectivity index (χ0v) is 21.4. The molecule has 1 heterocycles. The van der Waals surface area contributed by atoms with Crippen molar-refractivity contribution < 1.29 is 31.4 Å². The number of hydrogen-bond acceptors (Lipinski definition) is 3. The second-order valence-electron chi connectivity index (χ2n) is 9.95. The summed E-state index contributed by atoms with van der Waals surface area (Å²) >= 11 is 0. The first kappa shape index (κ1) is 27.2. The van der Waals surface area contributed by atoms with Gasteiger partial charge in [-0.2, -0.15) is 0 Å². The Balaban J connectivity index is 1.47. The van der Waals surface area contributed by atoms with Crippen LogP contribution in [0, 0.1) is 5.82 Å². The molecule has 206 valence electrons. The lowest BCUT2D eigenvalue weighted by Gasteiger charge is -2.19. The molecule has 39 heavy (non-hydrogen) atoms. The first-order valence-corrected chi connectivity index (χ1v) is 13.2. The molecule has 8 heteroatoms. The van der Waals surface area contributed by atoms with Gasteiger partial charge in [0.05, 0.1) is 6.67 Å². The number of alkyl halides is 4. The molecule has 1 saturated heterocycles. The lowest BCUT2D eigenvalue weighted by molar-refractivity contribution is -0.274. The second kappa shape index (κ2) is 11.8. The molecule has 0 bridgehead atoms. The summed E-state index contributed by atoms with van der Waals surface area (Å²) in [6, 6.07) is 19.0. The molecule has 5 rings (SSSR count). The first-order chi connectivity index (χ1) is 18.8. The van der Waals surface area contributed by atoms with Gasteiger partial charge in [0.15, 0.2) is 0 Å². The summed E-state index contributed by atoms with van der Waals surface area (Å²) in [5.41, 5.74) is 4.85. The van der Waals surface area contributed by atoms with Crippen molar-refractivity contribution in [3.05, 3.63) is 94.8 Å². The van der Waals surface area contributed by atoms with Crippen molar-refractivity contribution in [2.45, 2.75) is 44.6 Å². The van der Waals surface area contributed by atoms with E-state index < -0.39 is 17.9 Å². The summed E-state index contributed by atoms with van der Waals surface area (Å²) in [4.78, 5) is 2.21. The topological polar surface area (TPSA) is 21.7 Å². The zero-order chi connectivity index (χ0) is 27.4. The number of halogens is 5. The second-order valence-corrected chi connectivity index (χ2v) is 9.95. The van der Waals surface area contributed by atoms with E-state index in [1.54, 1.807) is 0 Å². The average molecular weight is 544 g/mol. The fraction of sp³-hybridized carbons (Fsp3) is 0.355. The maximum Gasteiger partial charge on any atom is 0.573 e. The van der Waals surface area contributed by atoms with Gasteiger partial charge in [0.1, 0.15) is 23.4 Å². The molecule has 3 aromatic carbocycles. The maximum absolute atomic E-state index is 15.3. The molecule has 0 unspecified atom stereocenters. The van der Waals surface area contributed by atoms with E-state index in [4.69, 9.17) is 4.74 Å². The van der Waals surface area contributed by atoms with Crippen molar-refractivity contribution in [3.8, 4) is 11.5 Å². The minimum absolute atomic E-state index is 0.0374. The Labute approximate surface area is 224 Å². The monoisotopic (exact) mass is 543 g/mol. The van der Waals surface area contributed by atoms with Crippen LogP contribution in [0.15, 0.2) is 66.7 Å². The van der Waals surface area contributed by atoms with Crippen LogP contribution in [0.3, 0.4) is 0 Å². The Bertz CT molecular complexity index is 1320. The number of likely N-dealkylation sites (tertiary alicyclic amines) is 1. The smallest absolute Gasteiger partial charge is 0.489 e. The summed E-state index contributed by atoms with van der Waals surface area (Å²) < 4.78 is 75.9. The van der Waals surface area contributed by atoms with Gasteiger partial charge in [0.25, 0.3) is 0 Å². The van der Waals surface area contributed by atoms with Gasteiger partial charge in [-0.1, -0.05) is 36.4 Å². The quantitative estimate of drug-likeness (QED) is 0.270. The summed E-state index contributed by atoms with van der Waals surface area (Å²) in [6.45, 7) is 2.05. The number of benzene rings is 3. The summed E-state index contributed by atoms with van der Waals surface area (Å²) in [7, 11) is 0. The van der Waals surface area contributed by atoms with Crippen LogP contribution in [0.25, 0.3) is 11.1 Å². The molecule has 1 aliphatic carbocycles. The highest BCUT2D eigenvalue weighted by Crippen LogP contribution is 2.41. The Morgan fingerprint density at radius 3 is 2.41 bits per heavy atom. The van der Waals surface area contributed by atoms with E-state index in [0.717, 1.165) is 84.6 Å². The van der Waals surface area contributed by atoms with Gasteiger partial charge in [-0.3, -0.25) is 9.29 Å². The van der Waals surface area contributed by atoms with Crippen LogP contribution >= 0.6 is 0 Å². The van der Waals surface area contributed by atoms with Gasteiger partial charge in [0.2, 0.25) is 0 Å². The fourth-order valence-corrected chi connectivity index (χ4v) is 5.53. The third-order valence-electron chi connectivity index (χ3n) is 7.24. The van der Waals surface area contributed by atoms with Crippen LogP contribution in [0.4, 0.5) is 22.0 Å².